The van der Waals surface area contributed by atoms with Crippen molar-refractivity contribution in [1.29, 1.82) is 0 Å². The summed E-state index contributed by atoms with van der Waals surface area (Å²) in [6.07, 6.45) is -0.463. The van der Waals surface area contributed by atoms with Crippen LogP contribution in [0.4, 0.5) is 0 Å². The van der Waals surface area contributed by atoms with E-state index in [4.69, 9.17) is 9.84 Å². The van der Waals surface area contributed by atoms with Crippen molar-refractivity contribution in [3.05, 3.63) is 29.8 Å². The van der Waals surface area contributed by atoms with Crippen molar-refractivity contribution in [2.24, 2.45) is 5.92 Å². The Morgan fingerprint density at radius 1 is 1.10 bits per heavy atom. The minimum absolute atomic E-state index is 0.0666. The first kappa shape index (κ1) is 17.0. The summed E-state index contributed by atoms with van der Waals surface area (Å²) in [7, 11) is 0. The van der Waals surface area contributed by atoms with E-state index in [2.05, 4.69) is 19.2 Å². The van der Waals surface area contributed by atoms with Gasteiger partial charge >= 0.3 is 0 Å². The Balaban J connectivity index is 2.75. The Morgan fingerprint density at radius 2 is 1.70 bits per heavy atom. The second-order valence-corrected chi connectivity index (χ2v) is 5.63. The third-order valence-corrected chi connectivity index (χ3v) is 3.14. The highest BCUT2D eigenvalue weighted by Crippen LogP contribution is 2.24. The fraction of sp³-hybridized carbons (Fsp3) is 0.625. The summed E-state index contributed by atoms with van der Waals surface area (Å²) in [5, 5.41) is 22.6. The van der Waals surface area contributed by atoms with Gasteiger partial charge in [0.2, 0.25) is 0 Å². The van der Waals surface area contributed by atoms with E-state index in [9.17, 15) is 5.11 Å². The lowest BCUT2D eigenvalue weighted by atomic mass is 9.93. The summed E-state index contributed by atoms with van der Waals surface area (Å²) < 4.78 is 5.59. The molecule has 0 radical (unpaired) electrons. The van der Waals surface area contributed by atoms with E-state index in [1.807, 2.05) is 38.1 Å². The van der Waals surface area contributed by atoms with Crippen LogP contribution in [0.3, 0.4) is 0 Å². The maximum atomic E-state index is 10.5. The predicted molar refractivity (Wildman–Crippen MR) is 80.9 cm³/mol. The molecule has 3 N–H and O–H groups in total. The lowest BCUT2D eigenvalue weighted by molar-refractivity contribution is 0.101. The van der Waals surface area contributed by atoms with Crippen LogP contribution in [0.5, 0.6) is 5.75 Å². The average Bonchev–Trinajstić information content (AvgIpc) is 2.38. The van der Waals surface area contributed by atoms with Gasteiger partial charge in [0.05, 0.1) is 18.8 Å². The molecule has 1 rings (SSSR count). The van der Waals surface area contributed by atoms with Crippen molar-refractivity contribution in [2.75, 3.05) is 13.2 Å². The lowest BCUT2D eigenvalue weighted by Crippen LogP contribution is -2.40. The first-order chi connectivity index (χ1) is 9.45. The number of aliphatic hydroxyl groups excluding tert-OH is 2. The van der Waals surface area contributed by atoms with E-state index in [0.717, 1.165) is 11.3 Å². The standard InChI is InChI=1S/C16H27NO3/c1-11(2)15(17-9-10-18)16(19)13-5-7-14(8-6-13)20-12(3)4/h5-8,11-12,15-19H,9-10H2,1-4H3. The van der Waals surface area contributed by atoms with Crippen LogP contribution in [-0.2, 0) is 0 Å². The molecule has 114 valence electrons. The van der Waals surface area contributed by atoms with E-state index in [1.54, 1.807) is 0 Å². The van der Waals surface area contributed by atoms with Crippen molar-refractivity contribution in [2.45, 2.75) is 45.9 Å². The molecule has 2 atom stereocenters. The van der Waals surface area contributed by atoms with Gasteiger partial charge in [0, 0.05) is 12.6 Å². The molecule has 2 unspecified atom stereocenters. The third-order valence-electron chi connectivity index (χ3n) is 3.14. The van der Waals surface area contributed by atoms with Crippen LogP contribution in [-0.4, -0.2) is 35.5 Å². The van der Waals surface area contributed by atoms with Gasteiger partial charge in [0.25, 0.3) is 0 Å². The summed E-state index contributed by atoms with van der Waals surface area (Å²) in [5.74, 6) is 1.07. The molecule has 0 heterocycles. The van der Waals surface area contributed by atoms with Crippen molar-refractivity contribution < 1.29 is 14.9 Å². The van der Waals surface area contributed by atoms with E-state index in [1.165, 1.54) is 0 Å². The van der Waals surface area contributed by atoms with Crippen molar-refractivity contribution in [3.8, 4) is 5.75 Å². The van der Waals surface area contributed by atoms with Gasteiger partial charge in [0.15, 0.2) is 0 Å². The van der Waals surface area contributed by atoms with E-state index in [-0.39, 0.29) is 24.7 Å². The van der Waals surface area contributed by atoms with Gasteiger partial charge in [-0.3, -0.25) is 0 Å². The highest BCUT2D eigenvalue weighted by Gasteiger charge is 2.23. The fourth-order valence-electron chi connectivity index (χ4n) is 2.17. The largest absolute Gasteiger partial charge is 0.491 e. The number of nitrogens with one attached hydrogen (secondary N) is 1. The first-order valence-electron chi connectivity index (χ1n) is 7.24. The topological polar surface area (TPSA) is 61.7 Å². The normalized spacial score (nSPS) is 14.6. The molecule has 20 heavy (non-hydrogen) atoms. The molecule has 0 amide bonds. The van der Waals surface area contributed by atoms with Crippen LogP contribution in [0.15, 0.2) is 24.3 Å². The lowest BCUT2D eigenvalue weighted by Gasteiger charge is -2.28. The van der Waals surface area contributed by atoms with E-state index in [0.29, 0.717) is 6.54 Å². The highest BCUT2D eigenvalue weighted by atomic mass is 16.5. The van der Waals surface area contributed by atoms with Gasteiger partial charge in [-0.25, -0.2) is 0 Å². The number of aliphatic hydroxyl groups is 2. The first-order valence-corrected chi connectivity index (χ1v) is 7.24. The molecule has 0 bridgehead atoms. The maximum absolute atomic E-state index is 10.5. The minimum atomic E-state index is -0.602. The summed E-state index contributed by atoms with van der Waals surface area (Å²) >= 11 is 0. The number of hydrogen-bond donors (Lipinski definition) is 3. The van der Waals surface area contributed by atoms with Crippen LogP contribution in [0, 0.1) is 5.92 Å². The Kier molecular flexibility index (Phi) is 6.99. The molecule has 0 spiro atoms. The molecular weight excluding hydrogens is 254 g/mol. The monoisotopic (exact) mass is 281 g/mol. The van der Waals surface area contributed by atoms with Gasteiger partial charge in [-0.2, -0.15) is 0 Å². The summed E-state index contributed by atoms with van der Waals surface area (Å²) in [4.78, 5) is 0. The van der Waals surface area contributed by atoms with Crippen molar-refractivity contribution >= 4 is 0 Å². The molecule has 0 aliphatic carbocycles. The number of hydrogen-bond acceptors (Lipinski definition) is 4. The number of benzene rings is 1. The summed E-state index contributed by atoms with van der Waals surface area (Å²) in [5.41, 5.74) is 0.852. The molecule has 1 aromatic rings. The van der Waals surface area contributed by atoms with Crippen LogP contribution in [0.2, 0.25) is 0 Å². The smallest absolute Gasteiger partial charge is 0.119 e. The molecule has 0 aliphatic heterocycles. The molecule has 0 fully saturated rings. The third kappa shape index (κ3) is 5.12. The van der Waals surface area contributed by atoms with Gasteiger partial charge in [-0.1, -0.05) is 26.0 Å². The van der Waals surface area contributed by atoms with Crippen molar-refractivity contribution in [3.63, 3.8) is 0 Å². The summed E-state index contributed by atoms with van der Waals surface area (Å²) in [6, 6.07) is 7.44. The van der Waals surface area contributed by atoms with Crippen LogP contribution in [0.25, 0.3) is 0 Å². The number of ether oxygens (including phenoxy) is 1. The maximum Gasteiger partial charge on any atom is 0.119 e. The van der Waals surface area contributed by atoms with Gasteiger partial charge in [0.1, 0.15) is 5.75 Å². The quantitative estimate of drug-likeness (QED) is 0.683. The van der Waals surface area contributed by atoms with E-state index >= 15 is 0 Å². The molecule has 0 saturated carbocycles. The zero-order valence-corrected chi connectivity index (χ0v) is 12.8. The van der Waals surface area contributed by atoms with Crippen LogP contribution in [0.1, 0.15) is 39.4 Å². The molecule has 1 aromatic carbocycles. The Hall–Kier alpha value is -1.10. The Bertz CT molecular complexity index is 376. The summed E-state index contributed by atoms with van der Waals surface area (Å²) in [6.45, 7) is 8.61. The highest BCUT2D eigenvalue weighted by molar-refractivity contribution is 5.29. The van der Waals surface area contributed by atoms with Crippen LogP contribution < -0.4 is 10.1 Å². The Morgan fingerprint density at radius 3 is 2.15 bits per heavy atom. The predicted octanol–water partition coefficient (Wildman–Crippen LogP) is 2.11. The van der Waals surface area contributed by atoms with Gasteiger partial charge in [-0.15, -0.1) is 0 Å². The van der Waals surface area contributed by atoms with Crippen LogP contribution >= 0.6 is 0 Å². The second kappa shape index (κ2) is 8.25. The fourth-order valence-corrected chi connectivity index (χ4v) is 2.17. The second-order valence-electron chi connectivity index (χ2n) is 5.63. The molecule has 4 heteroatoms. The molecule has 0 aromatic heterocycles. The average molecular weight is 281 g/mol. The zero-order valence-electron chi connectivity index (χ0n) is 12.8. The molecule has 0 aliphatic rings. The zero-order chi connectivity index (χ0) is 15.1. The molecular formula is C16H27NO3. The Labute approximate surface area is 121 Å². The number of rotatable bonds is 8. The molecule has 4 nitrogen and oxygen atoms in total. The van der Waals surface area contributed by atoms with E-state index < -0.39 is 6.10 Å². The SMILES string of the molecule is CC(C)Oc1ccc(C(O)C(NCCO)C(C)C)cc1. The van der Waals surface area contributed by atoms with Gasteiger partial charge < -0.3 is 20.3 Å². The van der Waals surface area contributed by atoms with Crippen molar-refractivity contribution in [1.82, 2.24) is 5.32 Å². The molecule has 0 saturated heterocycles. The van der Waals surface area contributed by atoms with Gasteiger partial charge in [-0.05, 0) is 37.5 Å². The minimum Gasteiger partial charge on any atom is -0.491 e.